The predicted octanol–water partition coefficient (Wildman–Crippen LogP) is 5.13. The Balaban J connectivity index is 2.08. The molecule has 2 rings (SSSR count). The first-order valence-corrected chi connectivity index (χ1v) is 7.81. The molecule has 1 nitrogen and oxygen atoms in total. The van der Waals surface area contributed by atoms with E-state index in [0.29, 0.717) is 16.5 Å². The summed E-state index contributed by atoms with van der Waals surface area (Å²) in [5, 5.41) is 3.91. The fraction of sp³-hybridized carbons (Fsp3) is 0.250. The number of nitrogens with one attached hydrogen (secondary N) is 1. The highest BCUT2D eigenvalue weighted by atomic mass is 35.5. The highest BCUT2D eigenvalue weighted by Gasteiger charge is 2.07. The number of rotatable bonds is 6. The molecule has 0 heterocycles. The molecule has 0 atom stereocenters. The van der Waals surface area contributed by atoms with Gasteiger partial charge >= 0.3 is 0 Å². The summed E-state index contributed by atoms with van der Waals surface area (Å²) < 4.78 is 14.1. The average Bonchev–Trinajstić information content (AvgIpc) is 2.44. The first kappa shape index (κ1) is 15.4. The van der Waals surface area contributed by atoms with Gasteiger partial charge in [-0.3, -0.25) is 0 Å². The van der Waals surface area contributed by atoms with Gasteiger partial charge in [-0.25, -0.2) is 4.39 Å². The molecule has 106 valence electrons. The second-order valence-corrected chi connectivity index (χ2v) is 5.97. The zero-order valence-electron chi connectivity index (χ0n) is 11.3. The highest BCUT2D eigenvalue weighted by molar-refractivity contribution is 7.99. The second-order valence-electron chi connectivity index (χ2n) is 4.47. The molecule has 0 aliphatic heterocycles. The standard InChI is InChI=1S/C16H17ClFNS/c1-2-9-19-11-12-7-8-16(14(18)10-12)20-15-6-4-3-5-13(15)17/h3-8,10,19H,2,9,11H2,1H3. The summed E-state index contributed by atoms with van der Waals surface area (Å²) in [6.07, 6.45) is 1.07. The monoisotopic (exact) mass is 309 g/mol. The summed E-state index contributed by atoms with van der Waals surface area (Å²) >= 11 is 7.44. The van der Waals surface area contributed by atoms with Crippen LogP contribution in [0.5, 0.6) is 0 Å². The third-order valence-corrected chi connectivity index (χ3v) is 4.38. The van der Waals surface area contributed by atoms with E-state index in [1.54, 1.807) is 6.07 Å². The van der Waals surface area contributed by atoms with Gasteiger partial charge in [-0.2, -0.15) is 0 Å². The Hall–Kier alpha value is -1.03. The van der Waals surface area contributed by atoms with E-state index in [9.17, 15) is 4.39 Å². The van der Waals surface area contributed by atoms with E-state index < -0.39 is 0 Å². The van der Waals surface area contributed by atoms with Crippen molar-refractivity contribution < 1.29 is 4.39 Å². The lowest BCUT2D eigenvalue weighted by atomic mass is 10.2. The first-order chi connectivity index (χ1) is 9.70. The molecule has 4 heteroatoms. The van der Waals surface area contributed by atoms with E-state index in [2.05, 4.69) is 12.2 Å². The normalized spacial score (nSPS) is 10.8. The SMILES string of the molecule is CCCNCc1ccc(Sc2ccccc2Cl)c(F)c1. The maximum atomic E-state index is 14.1. The molecule has 0 bridgehead atoms. The molecule has 0 fully saturated rings. The van der Waals surface area contributed by atoms with Crippen molar-refractivity contribution in [2.24, 2.45) is 0 Å². The molecule has 0 radical (unpaired) electrons. The van der Waals surface area contributed by atoms with Crippen molar-refractivity contribution >= 4 is 23.4 Å². The molecule has 0 unspecified atom stereocenters. The van der Waals surface area contributed by atoms with E-state index >= 15 is 0 Å². The van der Waals surface area contributed by atoms with Gasteiger partial charge < -0.3 is 5.32 Å². The Morgan fingerprint density at radius 1 is 1.15 bits per heavy atom. The van der Waals surface area contributed by atoms with Crippen molar-refractivity contribution in [3.05, 3.63) is 58.9 Å². The minimum Gasteiger partial charge on any atom is -0.313 e. The highest BCUT2D eigenvalue weighted by Crippen LogP contribution is 2.34. The van der Waals surface area contributed by atoms with Gasteiger partial charge in [-0.1, -0.05) is 48.5 Å². The van der Waals surface area contributed by atoms with Gasteiger partial charge in [0.15, 0.2) is 0 Å². The van der Waals surface area contributed by atoms with Crippen LogP contribution in [0.15, 0.2) is 52.3 Å². The molecule has 0 spiro atoms. The van der Waals surface area contributed by atoms with Gasteiger partial charge in [0.1, 0.15) is 5.82 Å². The van der Waals surface area contributed by atoms with Crippen LogP contribution in [0.1, 0.15) is 18.9 Å². The van der Waals surface area contributed by atoms with Crippen LogP contribution in [0.4, 0.5) is 4.39 Å². The minimum absolute atomic E-state index is 0.203. The molecule has 2 aromatic rings. The largest absolute Gasteiger partial charge is 0.313 e. The van der Waals surface area contributed by atoms with Crippen molar-refractivity contribution in [2.45, 2.75) is 29.7 Å². The topological polar surface area (TPSA) is 12.0 Å². The fourth-order valence-corrected chi connectivity index (χ4v) is 2.89. The lowest BCUT2D eigenvalue weighted by Gasteiger charge is -2.08. The molecule has 20 heavy (non-hydrogen) atoms. The van der Waals surface area contributed by atoms with E-state index in [1.165, 1.54) is 11.8 Å². The molecule has 2 aromatic carbocycles. The Morgan fingerprint density at radius 3 is 2.65 bits per heavy atom. The Bertz CT molecular complexity index is 574. The molecular weight excluding hydrogens is 293 g/mol. The van der Waals surface area contributed by atoms with Crippen LogP contribution in [0.2, 0.25) is 5.02 Å². The Kier molecular flexibility index (Phi) is 5.89. The zero-order valence-corrected chi connectivity index (χ0v) is 12.9. The summed E-state index contributed by atoms with van der Waals surface area (Å²) in [6, 6.07) is 12.8. The van der Waals surface area contributed by atoms with Gasteiger partial charge in [0.05, 0.1) is 5.02 Å². The van der Waals surface area contributed by atoms with Gasteiger partial charge in [0.25, 0.3) is 0 Å². The van der Waals surface area contributed by atoms with Gasteiger partial charge in [0, 0.05) is 16.3 Å². The van der Waals surface area contributed by atoms with E-state index in [1.807, 2.05) is 36.4 Å². The van der Waals surface area contributed by atoms with Gasteiger partial charge in [0.2, 0.25) is 0 Å². The molecule has 0 aliphatic rings. The summed E-state index contributed by atoms with van der Waals surface area (Å²) in [6.45, 7) is 3.75. The molecular formula is C16H17ClFNS. The number of halogens is 2. The summed E-state index contributed by atoms with van der Waals surface area (Å²) in [7, 11) is 0. The number of benzene rings is 2. The smallest absolute Gasteiger partial charge is 0.137 e. The van der Waals surface area contributed by atoms with E-state index in [-0.39, 0.29) is 5.82 Å². The van der Waals surface area contributed by atoms with Crippen molar-refractivity contribution in [1.29, 1.82) is 0 Å². The quantitative estimate of drug-likeness (QED) is 0.742. The number of hydrogen-bond acceptors (Lipinski definition) is 2. The summed E-state index contributed by atoms with van der Waals surface area (Å²) in [5.41, 5.74) is 0.958. The maximum absolute atomic E-state index is 14.1. The average molecular weight is 310 g/mol. The van der Waals surface area contributed by atoms with Crippen molar-refractivity contribution in [1.82, 2.24) is 5.32 Å². The minimum atomic E-state index is -0.203. The summed E-state index contributed by atoms with van der Waals surface area (Å²) in [4.78, 5) is 1.46. The molecule has 0 saturated heterocycles. The fourth-order valence-electron chi connectivity index (χ4n) is 1.79. The third-order valence-electron chi connectivity index (χ3n) is 2.81. The molecule has 0 aromatic heterocycles. The van der Waals surface area contributed by atoms with Gasteiger partial charge in [-0.05, 0) is 42.8 Å². The van der Waals surface area contributed by atoms with Crippen molar-refractivity contribution in [2.75, 3.05) is 6.54 Å². The molecule has 1 N–H and O–H groups in total. The van der Waals surface area contributed by atoms with E-state index in [4.69, 9.17) is 11.6 Å². The molecule has 0 aliphatic carbocycles. The third kappa shape index (κ3) is 4.23. The van der Waals surface area contributed by atoms with Crippen LogP contribution in [-0.2, 0) is 6.54 Å². The van der Waals surface area contributed by atoms with Crippen LogP contribution in [-0.4, -0.2) is 6.54 Å². The Morgan fingerprint density at radius 2 is 1.95 bits per heavy atom. The van der Waals surface area contributed by atoms with Crippen molar-refractivity contribution in [3.8, 4) is 0 Å². The van der Waals surface area contributed by atoms with Crippen LogP contribution in [0.25, 0.3) is 0 Å². The van der Waals surface area contributed by atoms with Crippen LogP contribution >= 0.6 is 23.4 Å². The lowest BCUT2D eigenvalue weighted by molar-refractivity contribution is 0.595. The predicted molar refractivity (Wildman–Crippen MR) is 84.0 cm³/mol. The first-order valence-electron chi connectivity index (χ1n) is 6.62. The van der Waals surface area contributed by atoms with Crippen LogP contribution < -0.4 is 5.32 Å². The number of hydrogen-bond donors (Lipinski definition) is 1. The lowest BCUT2D eigenvalue weighted by Crippen LogP contribution is -2.13. The maximum Gasteiger partial charge on any atom is 0.137 e. The van der Waals surface area contributed by atoms with Gasteiger partial charge in [-0.15, -0.1) is 0 Å². The summed E-state index contributed by atoms with van der Waals surface area (Å²) in [5.74, 6) is -0.203. The van der Waals surface area contributed by atoms with Crippen LogP contribution in [0.3, 0.4) is 0 Å². The Labute approximate surface area is 128 Å². The molecule has 0 amide bonds. The van der Waals surface area contributed by atoms with Crippen LogP contribution in [0, 0.1) is 5.82 Å². The van der Waals surface area contributed by atoms with Crippen molar-refractivity contribution in [3.63, 3.8) is 0 Å². The zero-order chi connectivity index (χ0) is 14.4. The molecule has 0 saturated carbocycles. The second kappa shape index (κ2) is 7.67. The van der Waals surface area contributed by atoms with E-state index in [0.717, 1.165) is 23.4 Å².